The van der Waals surface area contributed by atoms with Crippen LogP contribution in [0.2, 0.25) is 0 Å². The predicted octanol–water partition coefficient (Wildman–Crippen LogP) is 3.75. The number of nitrogens with zero attached hydrogens (tertiary/aromatic N) is 4. The molecule has 0 fully saturated rings. The van der Waals surface area contributed by atoms with E-state index in [2.05, 4.69) is 20.2 Å². The van der Waals surface area contributed by atoms with Crippen LogP contribution in [0.4, 0.5) is 11.5 Å². The molecule has 1 aromatic heterocycles. The van der Waals surface area contributed by atoms with Gasteiger partial charge in [0.25, 0.3) is 0 Å². The number of fused-ring (bicyclic) bond motifs is 1. The van der Waals surface area contributed by atoms with Crippen LogP contribution < -0.4 is 0 Å². The summed E-state index contributed by atoms with van der Waals surface area (Å²) < 4.78 is 0. The van der Waals surface area contributed by atoms with E-state index in [9.17, 15) is 5.11 Å². The third-order valence-corrected chi connectivity index (χ3v) is 2.68. The van der Waals surface area contributed by atoms with E-state index in [1.807, 2.05) is 30.3 Å². The molecule has 0 saturated carbocycles. The largest absolute Gasteiger partial charge is 0.506 e. The van der Waals surface area contributed by atoms with Crippen molar-refractivity contribution in [1.82, 2.24) is 9.97 Å². The van der Waals surface area contributed by atoms with Crippen LogP contribution in [0.25, 0.3) is 10.8 Å². The average molecular weight is 250 g/mol. The zero-order chi connectivity index (χ0) is 13.1. The zero-order valence-electron chi connectivity index (χ0n) is 9.93. The Morgan fingerprint density at radius 2 is 1.84 bits per heavy atom. The summed E-state index contributed by atoms with van der Waals surface area (Å²) >= 11 is 0. The first-order chi connectivity index (χ1) is 9.34. The summed E-state index contributed by atoms with van der Waals surface area (Å²) in [5, 5.41) is 19.8. The van der Waals surface area contributed by atoms with Crippen molar-refractivity contribution in [1.29, 1.82) is 0 Å². The van der Waals surface area contributed by atoms with Gasteiger partial charge in [-0.2, -0.15) is 0 Å². The molecular weight excluding hydrogens is 240 g/mol. The summed E-state index contributed by atoms with van der Waals surface area (Å²) in [6.45, 7) is 0. The third-order valence-electron chi connectivity index (χ3n) is 2.68. The molecule has 0 radical (unpaired) electrons. The Kier molecular flexibility index (Phi) is 2.86. The van der Waals surface area contributed by atoms with Crippen LogP contribution in [0, 0.1) is 0 Å². The summed E-state index contributed by atoms with van der Waals surface area (Å²) in [5.74, 6) is 0.487. The highest BCUT2D eigenvalue weighted by molar-refractivity contribution is 5.95. The third kappa shape index (κ3) is 2.26. The molecule has 0 amide bonds. The van der Waals surface area contributed by atoms with Crippen molar-refractivity contribution in [2.45, 2.75) is 0 Å². The maximum absolute atomic E-state index is 9.90. The number of aromatic nitrogens is 2. The monoisotopic (exact) mass is 250 g/mol. The second-order valence-corrected chi connectivity index (χ2v) is 3.92. The van der Waals surface area contributed by atoms with Crippen molar-refractivity contribution >= 4 is 22.3 Å². The van der Waals surface area contributed by atoms with Crippen LogP contribution in [0.1, 0.15) is 0 Å². The first-order valence-electron chi connectivity index (χ1n) is 5.73. The van der Waals surface area contributed by atoms with Crippen molar-refractivity contribution in [2.75, 3.05) is 0 Å². The van der Waals surface area contributed by atoms with Gasteiger partial charge in [0.1, 0.15) is 11.4 Å². The lowest BCUT2D eigenvalue weighted by molar-refractivity contribution is 0.477. The van der Waals surface area contributed by atoms with Gasteiger partial charge in [-0.05, 0) is 11.5 Å². The van der Waals surface area contributed by atoms with E-state index in [-0.39, 0.29) is 5.75 Å². The molecular formula is C14H10N4O. The van der Waals surface area contributed by atoms with Gasteiger partial charge >= 0.3 is 0 Å². The molecule has 3 rings (SSSR count). The first kappa shape index (κ1) is 11.3. The molecule has 0 aliphatic heterocycles. The summed E-state index contributed by atoms with van der Waals surface area (Å²) in [6.07, 6.45) is 4.61. The van der Waals surface area contributed by atoms with Gasteiger partial charge in [-0.15, -0.1) is 10.2 Å². The van der Waals surface area contributed by atoms with Crippen LogP contribution in [0.3, 0.4) is 0 Å². The van der Waals surface area contributed by atoms with E-state index in [0.29, 0.717) is 11.5 Å². The Labute approximate surface area is 109 Å². The van der Waals surface area contributed by atoms with Crippen molar-refractivity contribution in [3.8, 4) is 5.75 Å². The zero-order valence-corrected chi connectivity index (χ0v) is 9.93. The van der Waals surface area contributed by atoms with Gasteiger partial charge in [-0.25, -0.2) is 4.98 Å². The molecule has 5 heteroatoms. The molecule has 0 atom stereocenters. The number of phenolic OH excluding ortho intramolecular Hbond substituents is 1. The maximum atomic E-state index is 9.90. The summed E-state index contributed by atoms with van der Waals surface area (Å²) in [7, 11) is 0. The Bertz CT molecular complexity index is 741. The molecule has 0 bridgehead atoms. The quantitative estimate of drug-likeness (QED) is 0.704. The van der Waals surface area contributed by atoms with E-state index in [1.165, 1.54) is 12.4 Å². The van der Waals surface area contributed by atoms with E-state index in [0.717, 1.165) is 10.8 Å². The normalized spacial score (nSPS) is 11.2. The van der Waals surface area contributed by atoms with E-state index >= 15 is 0 Å². The lowest BCUT2D eigenvalue weighted by Crippen LogP contribution is -1.76. The second-order valence-electron chi connectivity index (χ2n) is 3.92. The van der Waals surface area contributed by atoms with Crippen molar-refractivity contribution in [3.05, 3.63) is 55.0 Å². The summed E-state index contributed by atoms with van der Waals surface area (Å²) in [6, 6.07) is 11.1. The smallest absolute Gasteiger partial charge is 0.192 e. The molecule has 92 valence electrons. The molecule has 2 aromatic carbocycles. The Morgan fingerprint density at radius 1 is 0.947 bits per heavy atom. The number of aromatic hydroxyl groups is 1. The number of hydrogen-bond donors (Lipinski definition) is 1. The standard InChI is InChI=1S/C14H10N4O/c19-12-6-5-10-3-1-2-4-11(10)14(12)18-17-13-9-15-7-8-16-13/h1-9,19H. The average Bonchev–Trinajstić information content (AvgIpc) is 2.47. The fraction of sp³-hybridized carbons (Fsp3) is 0. The molecule has 3 aromatic rings. The molecule has 5 nitrogen and oxygen atoms in total. The number of azo groups is 1. The molecule has 0 unspecified atom stereocenters. The highest BCUT2D eigenvalue weighted by atomic mass is 16.3. The molecule has 0 aliphatic rings. The second kappa shape index (κ2) is 4.81. The van der Waals surface area contributed by atoms with E-state index in [1.54, 1.807) is 12.3 Å². The minimum atomic E-state index is 0.0892. The Balaban J connectivity index is 2.10. The van der Waals surface area contributed by atoms with Gasteiger partial charge < -0.3 is 5.11 Å². The number of rotatable bonds is 2. The minimum absolute atomic E-state index is 0.0892. The fourth-order valence-electron chi connectivity index (χ4n) is 1.79. The van der Waals surface area contributed by atoms with Crippen LogP contribution in [-0.4, -0.2) is 15.1 Å². The van der Waals surface area contributed by atoms with Gasteiger partial charge in [0.05, 0.1) is 6.20 Å². The summed E-state index contributed by atoms with van der Waals surface area (Å²) in [5.41, 5.74) is 0.434. The van der Waals surface area contributed by atoms with Gasteiger partial charge in [0.2, 0.25) is 0 Å². The van der Waals surface area contributed by atoms with Crippen molar-refractivity contribution in [2.24, 2.45) is 10.2 Å². The first-order valence-corrected chi connectivity index (χ1v) is 5.73. The highest BCUT2D eigenvalue weighted by Crippen LogP contribution is 2.35. The van der Waals surface area contributed by atoms with Crippen LogP contribution in [0.5, 0.6) is 5.75 Å². The summed E-state index contributed by atoms with van der Waals surface area (Å²) in [4.78, 5) is 7.90. The number of hydrogen-bond acceptors (Lipinski definition) is 5. The molecule has 0 aliphatic carbocycles. The predicted molar refractivity (Wildman–Crippen MR) is 71.8 cm³/mol. The molecule has 1 heterocycles. The lowest BCUT2D eigenvalue weighted by Gasteiger charge is -2.03. The highest BCUT2D eigenvalue weighted by Gasteiger charge is 2.05. The van der Waals surface area contributed by atoms with Gasteiger partial charge in [0, 0.05) is 17.8 Å². The SMILES string of the molecule is Oc1ccc2ccccc2c1N=Nc1cnccn1. The molecule has 0 saturated heterocycles. The number of benzene rings is 2. The lowest BCUT2D eigenvalue weighted by atomic mass is 10.1. The molecule has 0 spiro atoms. The fourth-order valence-corrected chi connectivity index (χ4v) is 1.79. The Hall–Kier alpha value is -2.82. The molecule has 19 heavy (non-hydrogen) atoms. The van der Waals surface area contributed by atoms with Gasteiger partial charge in [-0.1, -0.05) is 30.3 Å². The minimum Gasteiger partial charge on any atom is -0.506 e. The van der Waals surface area contributed by atoms with Crippen LogP contribution in [-0.2, 0) is 0 Å². The number of phenols is 1. The van der Waals surface area contributed by atoms with Gasteiger partial charge in [0.15, 0.2) is 5.82 Å². The topological polar surface area (TPSA) is 70.7 Å². The van der Waals surface area contributed by atoms with Crippen molar-refractivity contribution in [3.63, 3.8) is 0 Å². The van der Waals surface area contributed by atoms with E-state index < -0.39 is 0 Å². The van der Waals surface area contributed by atoms with Crippen LogP contribution >= 0.6 is 0 Å². The van der Waals surface area contributed by atoms with Crippen molar-refractivity contribution < 1.29 is 5.11 Å². The molecule has 1 N–H and O–H groups in total. The maximum Gasteiger partial charge on any atom is 0.192 e. The van der Waals surface area contributed by atoms with Gasteiger partial charge in [-0.3, -0.25) is 4.98 Å². The Morgan fingerprint density at radius 3 is 2.68 bits per heavy atom. The van der Waals surface area contributed by atoms with E-state index in [4.69, 9.17) is 0 Å². The van der Waals surface area contributed by atoms with Crippen LogP contribution in [0.15, 0.2) is 65.2 Å².